The minimum Gasteiger partial charge on any atom is -0.341 e. The van der Waals surface area contributed by atoms with Crippen LogP contribution in [0, 0.1) is 6.92 Å². The van der Waals surface area contributed by atoms with Gasteiger partial charge in [0.2, 0.25) is 5.95 Å². The highest BCUT2D eigenvalue weighted by Gasteiger charge is 2.15. The Morgan fingerprint density at radius 3 is 2.70 bits per heavy atom. The SMILES string of the molecule is CCn1cc(C)c(=O)c2cnc(N3CCCCC3)nc21. The lowest BCUT2D eigenvalue weighted by Gasteiger charge is -2.26. The fourth-order valence-electron chi connectivity index (χ4n) is 2.80. The Labute approximate surface area is 118 Å². The van der Waals surface area contributed by atoms with Crippen molar-refractivity contribution in [1.82, 2.24) is 14.5 Å². The highest BCUT2D eigenvalue weighted by Crippen LogP contribution is 2.18. The Bertz CT molecular complexity index is 686. The van der Waals surface area contributed by atoms with Crippen molar-refractivity contribution in [2.24, 2.45) is 0 Å². The number of rotatable bonds is 2. The number of pyridine rings is 1. The van der Waals surface area contributed by atoms with E-state index in [2.05, 4.69) is 21.8 Å². The van der Waals surface area contributed by atoms with Gasteiger partial charge in [0.05, 0.1) is 5.39 Å². The largest absolute Gasteiger partial charge is 0.341 e. The van der Waals surface area contributed by atoms with Crippen molar-refractivity contribution in [3.8, 4) is 0 Å². The van der Waals surface area contributed by atoms with Gasteiger partial charge in [-0.05, 0) is 33.1 Å². The van der Waals surface area contributed by atoms with E-state index < -0.39 is 0 Å². The van der Waals surface area contributed by atoms with Crippen molar-refractivity contribution in [2.45, 2.75) is 39.7 Å². The number of hydrogen-bond acceptors (Lipinski definition) is 4. The van der Waals surface area contributed by atoms with Gasteiger partial charge in [-0.3, -0.25) is 4.79 Å². The summed E-state index contributed by atoms with van der Waals surface area (Å²) >= 11 is 0. The average molecular weight is 272 g/mol. The molecule has 1 fully saturated rings. The molecule has 0 aromatic carbocycles. The van der Waals surface area contributed by atoms with Gasteiger partial charge >= 0.3 is 0 Å². The van der Waals surface area contributed by atoms with Crippen LogP contribution < -0.4 is 10.3 Å². The maximum absolute atomic E-state index is 12.2. The van der Waals surface area contributed by atoms with Crippen LogP contribution in [0.5, 0.6) is 0 Å². The molecular formula is C15H20N4O. The topological polar surface area (TPSA) is 51.0 Å². The third-order valence-electron chi connectivity index (χ3n) is 3.96. The standard InChI is InChI=1S/C15H20N4O/c1-3-18-10-11(2)13(20)12-9-16-15(17-14(12)18)19-7-5-4-6-8-19/h9-10H,3-8H2,1-2H3. The fourth-order valence-corrected chi connectivity index (χ4v) is 2.80. The molecule has 0 atom stereocenters. The van der Waals surface area contributed by atoms with E-state index in [-0.39, 0.29) is 5.43 Å². The Balaban J connectivity index is 2.14. The third-order valence-corrected chi connectivity index (χ3v) is 3.96. The van der Waals surface area contributed by atoms with Gasteiger partial charge in [-0.1, -0.05) is 0 Å². The van der Waals surface area contributed by atoms with E-state index in [0.717, 1.165) is 36.8 Å². The van der Waals surface area contributed by atoms with Crippen LogP contribution in [0.2, 0.25) is 0 Å². The molecule has 0 amide bonds. The van der Waals surface area contributed by atoms with Gasteiger partial charge in [0.1, 0.15) is 5.65 Å². The molecule has 0 N–H and O–H groups in total. The second-order valence-corrected chi connectivity index (χ2v) is 5.38. The highest BCUT2D eigenvalue weighted by atomic mass is 16.1. The summed E-state index contributed by atoms with van der Waals surface area (Å²) in [5.74, 6) is 0.752. The van der Waals surface area contributed by atoms with Crippen molar-refractivity contribution < 1.29 is 0 Å². The van der Waals surface area contributed by atoms with Crippen molar-refractivity contribution in [3.05, 3.63) is 28.2 Å². The molecule has 0 bridgehead atoms. The van der Waals surface area contributed by atoms with E-state index >= 15 is 0 Å². The molecule has 3 heterocycles. The predicted octanol–water partition coefficient (Wildman–Crippen LogP) is 2.11. The van der Waals surface area contributed by atoms with Crippen LogP contribution in [0.15, 0.2) is 17.2 Å². The van der Waals surface area contributed by atoms with Crippen LogP contribution in [0.3, 0.4) is 0 Å². The molecule has 5 heteroatoms. The van der Waals surface area contributed by atoms with Crippen molar-refractivity contribution in [3.63, 3.8) is 0 Å². The van der Waals surface area contributed by atoms with E-state index in [4.69, 9.17) is 0 Å². The number of anilines is 1. The van der Waals surface area contributed by atoms with Crippen molar-refractivity contribution in [2.75, 3.05) is 18.0 Å². The molecule has 3 rings (SSSR count). The summed E-state index contributed by atoms with van der Waals surface area (Å²) in [6.45, 7) is 6.72. The molecule has 0 saturated carbocycles. The van der Waals surface area contributed by atoms with Crippen molar-refractivity contribution in [1.29, 1.82) is 0 Å². The van der Waals surface area contributed by atoms with Gasteiger partial charge in [-0.15, -0.1) is 0 Å². The molecule has 20 heavy (non-hydrogen) atoms. The van der Waals surface area contributed by atoms with Gasteiger partial charge in [0.25, 0.3) is 0 Å². The average Bonchev–Trinajstić information content (AvgIpc) is 2.51. The second-order valence-electron chi connectivity index (χ2n) is 5.38. The molecule has 0 unspecified atom stereocenters. The maximum Gasteiger partial charge on any atom is 0.227 e. The summed E-state index contributed by atoms with van der Waals surface area (Å²) in [5, 5.41) is 0.618. The lowest BCUT2D eigenvalue weighted by atomic mass is 10.1. The molecule has 2 aromatic heterocycles. The minimum atomic E-state index is 0.0369. The smallest absolute Gasteiger partial charge is 0.227 e. The summed E-state index contributed by atoms with van der Waals surface area (Å²) in [5.41, 5.74) is 1.53. The van der Waals surface area contributed by atoms with Crippen LogP contribution in [0.1, 0.15) is 31.7 Å². The normalized spacial score (nSPS) is 15.8. The van der Waals surface area contributed by atoms with Gasteiger partial charge in [0, 0.05) is 37.6 Å². The van der Waals surface area contributed by atoms with Gasteiger partial charge in [-0.25, -0.2) is 4.98 Å². The zero-order valence-corrected chi connectivity index (χ0v) is 12.1. The molecule has 0 aliphatic carbocycles. The van der Waals surface area contributed by atoms with Crippen LogP contribution in [-0.2, 0) is 6.54 Å². The Morgan fingerprint density at radius 2 is 2.00 bits per heavy atom. The van der Waals surface area contributed by atoms with Gasteiger partial charge < -0.3 is 9.47 Å². The summed E-state index contributed by atoms with van der Waals surface area (Å²) in [6.07, 6.45) is 7.24. The Morgan fingerprint density at radius 1 is 1.25 bits per heavy atom. The van der Waals surface area contributed by atoms with Crippen molar-refractivity contribution >= 4 is 17.0 Å². The lowest BCUT2D eigenvalue weighted by molar-refractivity contribution is 0.568. The number of hydrogen-bond donors (Lipinski definition) is 0. The first-order chi connectivity index (χ1) is 9.70. The van der Waals surface area contributed by atoms with Gasteiger partial charge in [-0.2, -0.15) is 4.98 Å². The van der Waals surface area contributed by atoms with Crippen LogP contribution in [0.25, 0.3) is 11.0 Å². The van der Waals surface area contributed by atoms with E-state index in [1.54, 1.807) is 6.20 Å². The molecule has 1 saturated heterocycles. The number of piperidine rings is 1. The Kier molecular flexibility index (Phi) is 3.42. The molecular weight excluding hydrogens is 252 g/mol. The highest BCUT2D eigenvalue weighted by molar-refractivity contribution is 5.75. The van der Waals surface area contributed by atoms with Gasteiger partial charge in [0.15, 0.2) is 5.43 Å². The summed E-state index contributed by atoms with van der Waals surface area (Å²) in [6, 6.07) is 0. The number of aryl methyl sites for hydroxylation is 2. The number of nitrogens with zero attached hydrogens (tertiary/aromatic N) is 4. The summed E-state index contributed by atoms with van der Waals surface area (Å²) < 4.78 is 2.03. The molecule has 0 spiro atoms. The van der Waals surface area contributed by atoms with Crippen LogP contribution >= 0.6 is 0 Å². The quantitative estimate of drug-likeness (QED) is 0.840. The first-order valence-electron chi connectivity index (χ1n) is 7.32. The first kappa shape index (κ1) is 13.1. The zero-order valence-electron chi connectivity index (χ0n) is 12.1. The van der Waals surface area contributed by atoms with E-state index in [9.17, 15) is 4.79 Å². The maximum atomic E-state index is 12.2. The fraction of sp³-hybridized carbons (Fsp3) is 0.533. The Hall–Kier alpha value is -1.91. The lowest BCUT2D eigenvalue weighted by Crippen LogP contribution is -2.31. The van der Waals surface area contributed by atoms with Crippen LogP contribution in [-0.4, -0.2) is 27.6 Å². The molecule has 106 valence electrons. The molecule has 1 aliphatic heterocycles. The molecule has 5 nitrogen and oxygen atoms in total. The second kappa shape index (κ2) is 5.23. The predicted molar refractivity (Wildman–Crippen MR) is 80.3 cm³/mol. The molecule has 0 radical (unpaired) electrons. The molecule has 2 aromatic rings. The monoisotopic (exact) mass is 272 g/mol. The van der Waals surface area contributed by atoms with E-state index in [0.29, 0.717) is 5.39 Å². The number of fused-ring (bicyclic) bond motifs is 1. The minimum absolute atomic E-state index is 0.0369. The van der Waals surface area contributed by atoms with E-state index in [1.165, 1.54) is 19.3 Å². The van der Waals surface area contributed by atoms with E-state index in [1.807, 2.05) is 17.7 Å². The molecule has 1 aliphatic rings. The van der Waals surface area contributed by atoms with Crippen LogP contribution in [0.4, 0.5) is 5.95 Å². The first-order valence-corrected chi connectivity index (χ1v) is 7.32. The third kappa shape index (κ3) is 2.17. The summed E-state index contributed by atoms with van der Waals surface area (Å²) in [7, 11) is 0. The summed E-state index contributed by atoms with van der Waals surface area (Å²) in [4.78, 5) is 23.5. The zero-order chi connectivity index (χ0) is 14.1. The number of aromatic nitrogens is 3.